The largest absolute Gasteiger partial charge is 0.326 e. The van der Waals surface area contributed by atoms with E-state index in [1.165, 1.54) is 5.56 Å². The summed E-state index contributed by atoms with van der Waals surface area (Å²) in [5, 5.41) is 3.84. The Morgan fingerprint density at radius 2 is 1.90 bits per heavy atom. The number of halogens is 2. The monoisotopic (exact) mass is 320 g/mol. The third kappa shape index (κ3) is 2.85. The van der Waals surface area contributed by atoms with Crippen LogP contribution in [0.3, 0.4) is 0 Å². The van der Waals surface area contributed by atoms with E-state index in [0.29, 0.717) is 22.3 Å². The molecule has 0 aromatic heterocycles. The second-order valence-corrected chi connectivity index (χ2v) is 5.95. The smallest absolute Gasteiger partial charge is 0.307 e. The molecule has 1 aliphatic rings. The number of benzene rings is 2. The minimum absolute atomic E-state index is 0.165. The molecule has 0 atom stereocenters. The van der Waals surface area contributed by atoms with E-state index in [0.717, 1.165) is 17.7 Å². The number of rotatable bonds is 1. The van der Waals surface area contributed by atoms with Gasteiger partial charge in [-0.3, -0.25) is 4.90 Å². The Morgan fingerprint density at radius 1 is 1.19 bits per heavy atom. The Labute approximate surface area is 133 Å². The third-order valence-electron chi connectivity index (χ3n) is 3.55. The molecule has 0 fully saturated rings. The summed E-state index contributed by atoms with van der Waals surface area (Å²) in [6.45, 7) is 2.70. The van der Waals surface area contributed by atoms with Crippen molar-refractivity contribution in [3.8, 4) is 0 Å². The van der Waals surface area contributed by atoms with Crippen molar-refractivity contribution in [2.24, 2.45) is 0 Å². The number of carbonyl (C=O) groups is 1. The van der Waals surface area contributed by atoms with Crippen molar-refractivity contribution < 1.29 is 4.79 Å². The molecule has 5 heteroatoms. The molecule has 0 saturated carbocycles. The number of nitrogens with zero attached hydrogens (tertiary/aromatic N) is 1. The minimum Gasteiger partial charge on any atom is -0.307 e. The van der Waals surface area contributed by atoms with Gasteiger partial charge in [0.1, 0.15) is 0 Å². The van der Waals surface area contributed by atoms with Crippen molar-refractivity contribution >= 4 is 40.6 Å². The maximum absolute atomic E-state index is 12.5. The van der Waals surface area contributed by atoms with E-state index in [-0.39, 0.29) is 6.03 Å². The highest BCUT2D eigenvalue weighted by Gasteiger charge is 2.26. The highest BCUT2D eigenvalue weighted by atomic mass is 35.5. The Hall–Kier alpha value is -1.71. The van der Waals surface area contributed by atoms with Crippen LogP contribution in [0.2, 0.25) is 10.0 Å². The molecule has 0 spiro atoms. The van der Waals surface area contributed by atoms with Gasteiger partial charge in [-0.05, 0) is 42.7 Å². The van der Waals surface area contributed by atoms with Crippen LogP contribution in [-0.4, -0.2) is 12.6 Å². The number of hydrogen-bond donors (Lipinski definition) is 1. The lowest BCUT2D eigenvalue weighted by molar-refractivity contribution is 0.257. The zero-order valence-electron chi connectivity index (χ0n) is 11.5. The molecule has 2 aromatic carbocycles. The van der Waals surface area contributed by atoms with Crippen LogP contribution in [-0.2, 0) is 6.42 Å². The molecule has 2 amide bonds. The maximum atomic E-state index is 12.5. The van der Waals surface area contributed by atoms with E-state index in [1.54, 1.807) is 23.1 Å². The second-order valence-electron chi connectivity index (χ2n) is 5.07. The zero-order valence-corrected chi connectivity index (χ0v) is 13.0. The summed E-state index contributed by atoms with van der Waals surface area (Å²) in [5.74, 6) is 0. The predicted octanol–water partition coefficient (Wildman–Crippen LogP) is 4.90. The van der Waals surface area contributed by atoms with Gasteiger partial charge in [0.05, 0.1) is 5.69 Å². The maximum Gasteiger partial charge on any atom is 0.326 e. The van der Waals surface area contributed by atoms with Crippen LogP contribution in [0, 0.1) is 6.92 Å². The first-order valence-corrected chi connectivity index (χ1v) is 7.43. The molecule has 2 aromatic rings. The van der Waals surface area contributed by atoms with Crippen molar-refractivity contribution in [1.29, 1.82) is 0 Å². The first-order valence-electron chi connectivity index (χ1n) is 6.68. The second kappa shape index (κ2) is 5.58. The Bertz CT molecular complexity index is 695. The molecule has 0 saturated heterocycles. The molecular weight excluding hydrogens is 307 g/mol. The summed E-state index contributed by atoms with van der Waals surface area (Å²) >= 11 is 11.9. The van der Waals surface area contributed by atoms with Crippen molar-refractivity contribution in [2.75, 3.05) is 16.8 Å². The highest BCUT2D eigenvalue weighted by Crippen LogP contribution is 2.32. The van der Waals surface area contributed by atoms with E-state index in [2.05, 4.69) is 11.4 Å². The van der Waals surface area contributed by atoms with Gasteiger partial charge >= 0.3 is 6.03 Å². The normalized spacial score (nSPS) is 13.2. The van der Waals surface area contributed by atoms with Gasteiger partial charge in [0.25, 0.3) is 0 Å². The van der Waals surface area contributed by atoms with Crippen LogP contribution >= 0.6 is 23.2 Å². The Kier molecular flexibility index (Phi) is 3.79. The van der Waals surface area contributed by atoms with Gasteiger partial charge in [-0.1, -0.05) is 41.4 Å². The van der Waals surface area contributed by atoms with Gasteiger partial charge in [-0.25, -0.2) is 4.79 Å². The standard InChI is InChI=1S/C16H14Cl2N2O/c1-10-3-2-4-11-5-6-20(15(10)11)16(21)19-14-8-12(17)7-13(18)9-14/h2-4,7-9H,5-6H2,1H3,(H,19,21). The summed E-state index contributed by atoms with van der Waals surface area (Å²) in [6, 6.07) is 10.9. The summed E-state index contributed by atoms with van der Waals surface area (Å²) < 4.78 is 0. The van der Waals surface area contributed by atoms with Crippen LogP contribution in [0.25, 0.3) is 0 Å². The molecule has 1 N–H and O–H groups in total. The zero-order chi connectivity index (χ0) is 15.0. The fourth-order valence-electron chi connectivity index (χ4n) is 2.67. The van der Waals surface area contributed by atoms with Gasteiger partial charge in [0.15, 0.2) is 0 Å². The van der Waals surface area contributed by atoms with Crippen molar-refractivity contribution in [3.63, 3.8) is 0 Å². The van der Waals surface area contributed by atoms with Crippen LogP contribution in [0.15, 0.2) is 36.4 Å². The number of fused-ring (bicyclic) bond motifs is 1. The number of carbonyl (C=O) groups excluding carboxylic acids is 1. The SMILES string of the molecule is Cc1cccc2c1N(C(=O)Nc1cc(Cl)cc(Cl)c1)CC2. The topological polar surface area (TPSA) is 32.3 Å². The number of aryl methyl sites for hydroxylation is 1. The predicted molar refractivity (Wildman–Crippen MR) is 87.7 cm³/mol. The fourth-order valence-corrected chi connectivity index (χ4v) is 3.20. The van der Waals surface area contributed by atoms with E-state index in [4.69, 9.17) is 23.2 Å². The fraction of sp³-hybridized carbons (Fsp3) is 0.188. The van der Waals surface area contributed by atoms with E-state index in [9.17, 15) is 4.79 Å². The average molecular weight is 321 g/mol. The number of para-hydroxylation sites is 1. The first kappa shape index (κ1) is 14.2. The highest BCUT2D eigenvalue weighted by molar-refractivity contribution is 6.35. The van der Waals surface area contributed by atoms with Gasteiger partial charge in [-0.15, -0.1) is 0 Å². The molecule has 108 valence electrons. The summed E-state index contributed by atoms with van der Waals surface area (Å²) in [6.07, 6.45) is 0.876. The Balaban J connectivity index is 1.85. The van der Waals surface area contributed by atoms with E-state index < -0.39 is 0 Å². The van der Waals surface area contributed by atoms with Crippen LogP contribution in [0.5, 0.6) is 0 Å². The molecule has 0 bridgehead atoms. The van der Waals surface area contributed by atoms with Crippen molar-refractivity contribution in [3.05, 3.63) is 57.6 Å². The molecule has 3 nitrogen and oxygen atoms in total. The quantitative estimate of drug-likeness (QED) is 0.796. The molecule has 3 rings (SSSR count). The minimum atomic E-state index is -0.165. The van der Waals surface area contributed by atoms with Crippen molar-refractivity contribution in [1.82, 2.24) is 0 Å². The average Bonchev–Trinajstić information content (AvgIpc) is 2.82. The lowest BCUT2D eigenvalue weighted by atomic mass is 10.1. The number of hydrogen-bond acceptors (Lipinski definition) is 1. The molecule has 1 heterocycles. The van der Waals surface area contributed by atoms with Gasteiger partial charge in [-0.2, -0.15) is 0 Å². The number of nitrogens with one attached hydrogen (secondary N) is 1. The van der Waals surface area contributed by atoms with Gasteiger partial charge in [0, 0.05) is 22.3 Å². The first-order chi connectivity index (χ1) is 10.0. The van der Waals surface area contributed by atoms with Gasteiger partial charge in [0.2, 0.25) is 0 Å². The number of amides is 2. The van der Waals surface area contributed by atoms with Gasteiger partial charge < -0.3 is 5.32 Å². The molecule has 0 aliphatic carbocycles. The number of anilines is 2. The Morgan fingerprint density at radius 3 is 2.62 bits per heavy atom. The van der Waals surface area contributed by atoms with Crippen molar-refractivity contribution in [2.45, 2.75) is 13.3 Å². The summed E-state index contributed by atoms with van der Waals surface area (Å²) in [4.78, 5) is 14.2. The summed E-state index contributed by atoms with van der Waals surface area (Å²) in [7, 11) is 0. The van der Waals surface area contributed by atoms with E-state index >= 15 is 0 Å². The van der Waals surface area contributed by atoms with Crippen LogP contribution in [0.4, 0.5) is 16.2 Å². The molecular formula is C16H14Cl2N2O. The lowest BCUT2D eigenvalue weighted by Gasteiger charge is -2.20. The summed E-state index contributed by atoms with van der Waals surface area (Å²) in [5.41, 5.74) is 3.90. The molecule has 0 radical (unpaired) electrons. The van der Waals surface area contributed by atoms with Crippen LogP contribution < -0.4 is 10.2 Å². The third-order valence-corrected chi connectivity index (χ3v) is 3.99. The molecule has 0 unspecified atom stereocenters. The van der Waals surface area contributed by atoms with Crippen LogP contribution in [0.1, 0.15) is 11.1 Å². The lowest BCUT2D eigenvalue weighted by Crippen LogP contribution is -2.33. The number of urea groups is 1. The van der Waals surface area contributed by atoms with E-state index in [1.807, 2.05) is 19.1 Å². The molecule has 1 aliphatic heterocycles. The molecule has 21 heavy (non-hydrogen) atoms.